The fourth-order valence-corrected chi connectivity index (χ4v) is 2.15. The Labute approximate surface area is 92.0 Å². The molecule has 0 aromatic carbocycles. The van der Waals surface area contributed by atoms with Crippen molar-refractivity contribution in [3.8, 4) is 0 Å². The normalized spacial score (nSPS) is 25.1. The van der Waals surface area contributed by atoms with E-state index >= 15 is 0 Å². The van der Waals surface area contributed by atoms with Gasteiger partial charge < -0.3 is 16.4 Å². The Kier molecular flexibility index (Phi) is 5.05. The highest BCUT2D eigenvalue weighted by molar-refractivity contribution is 5.79. The van der Waals surface area contributed by atoms with Crippen molar-refractivity contribution in [3.63, 3.8) is 0 Å². The van der Waals surface area contributed by atoms with E-state index in [1.165, 1.54) is 19.3 Å². The van der Waals surface area contributed by atoms with Crippen LogP contribution >= 0.6 is 0 Å². The minimum absolute atomic E-state index is 0.390. The summed E-state index contributed by atoms with van der Waals surface area (Å²) in [7, 11) is 0. The first-order chi connectivity index (χ1) is 7.13. The van der Waals surface area contributed by atoms with Crippen molar-refractivity contribution in [3.05, 3.63) is 0 Å². The van der Waals surface area contributed by atoms with E-state index in [0.29, 0.717) is 6.42 Å². The summed E-state index contributed by atoms with van der Waals surface area (Å²) in [6.07, 6.45) is 4.54. The highest BCUT2D eigenvalue weighted by Crippen LogP contribution is 2.19. The number of piperidine rings is 1. The van der Waals surface area contributed by atoms with Crippen molar-refractivity contribution in [1.82, 2.24) is 4.90 Å². The number of carbonyl (C=O) groups excluding carboxylic acids is 1. The fourth-order valence-electron chi connectivity index (χ4n) is 2.15. The van der Waals surface area contributed by atoms with E-state index in [1.807, 2.05) is 0 Å². The molecule has 88 valence electrons. The van der Waals surface area contributed by atoms with Crippen LogP contribution in [0, 0.1) is 5.92 Å². The van der Waals surface area contributed by atoms with Crippen LogP contribution in [0.15, 0.2) is 0 Å². The van der Waals surface area contributed by atoms with E-state index < -0.39 is 6.04 Å². The summed E-state index contributed by atoms with van der Waals surface area (Å²) in [5, 5.41) is 0. The zero-order chi connectivity index (χ0) is 11.3. The van der Waals surface area contributed by atoms with Crippen LogP contribution in [-0.4, -0.2) is 36.5 Å². The Bertz CT molecular complexity index is 208. The van der Waals surface area contributed by atoms with Gasteiger partial charge in [-0.3, -0.25) is 4.79 Å². The van der Waals surface area contributed by atoms with Gasteiger partial charge in [0.25, 0.3) is 0 Å². The molecule has 0 spiro atoms. The number of carbonyl (C=O) groups is 1. The zero-order valence-corrected chi connectivity index (χ0v) is 9.61. The van der Waals surface area contributed by atoms with Crippen LogP contribution in [0.1, 0.15) is 32.6 Å². The van der Waals surface area contributed by atoms with E-state index in [-0.39, 0.29) is 5.91 Å². The van der Waals surface area contributed by atoms with Crippen molar-refractivity contribution < 1.29 is 4.79 Å². The maximum absolute atomic E-state index is 10.8. The number of primary amides is 1. The third-order valence-corrected chi connectivity index (χ3v) is 3.30. The van der Waals surface area contributed by atoms with Gasteiger partial charge in [0.2, 0.25) is 5.91 Å². The molecule has 0 bridgehead atoms. The molecule has 1 saturated heterocycles. The molecular weight excluding hydrogens is 190 g/mol. The number of rotatable bonds is 5. The van der Waals surface area contributed by atoms with Gasteiger partial charge in [-0.15, -0.1) is 0 Å². The average molecular weight is 213 g/mol. The van der Waals surface area contributed by atoms with Gasteiger partial charge in [-0.2, -0.15) is 0 Å². The molecule has 4 N–H and O–H groups in total. The SMILES string of the molecule is CCC1CCCN(CCC(N)C(N)=O)C1. The number of nitrogens with two attached hydrogens (primary N) is 2. The van der Waals surface area contributed by atoms with Crippen molar-refractivity contribution in [1.29, 1.82) is 0 Å². The number of hydrogen-bond donors (Lipinski definition) is 2. The minimum Gasteiger partial charge on any atom is -0.368 e. The lowest BCUT2D eigenvalue weighted by Gasteiger charge is -2.32. The predicted molar refractivity (Wildman–Crippen MR) is 61.2 cm³/mol. The number of nitrogens with zero attached hydrogens (tertiary/aromatic N) is 1. The molecule has 0 aliphatic carbocycles. The van der Waals surface area contributed by atoms with Crippen LogP contribution in [0.5, 0.6) is 0 Å². The minimum atomic E-state index is -0.480. The summed E-state index contributed by atoms with van der Waals surface area (Å²) in [5.41, 5.74) is 10.7. The molecule has 1 fully saturated rings. The Hall–Kier alpha value is -0.610. The van der Waals surface area contributed by atoms with Gasteiger partial charge in [-0.1, -0.05) is 13.3 Å². The summed E-state index contributed by atoms with van der Waals surface area (Å²) >= 11 is 0. The van der Waals surface area contributed by atoms with Gasteiger partial charge in [0, 0.05) is 13.1 Å². The Morgan fingerprint density at radius 2 is 2.33 bits per heavy atom. The van der Waals surface area contributed by atoms with Gasteiger partial charge in [0.05, 0.1) is 6.04 Å². The van der Waals surface area contributed by atoms with Gasteiger partial charge >= 0.3 is 0 Å². The van der Waals surface area contributed by atoms with E-state index in [9.17, 15) is 4.79 Å². The lowest BCUT2D eigenvalue weighted by atomic mass is 9.95. The molecular formula is C11H23N3O. The number of likely N-dealkylation sites (tertiary alicyclic amines) is 1. The molecule has 4 heteroatoms. The van der Waals surface area contributed by atoms with Crippen LogP contribution in [0.2, 0.25) is 0 Å². The van der Waals surface area contributed by atoms with Crippen LogP contribution in [0.25, 0.3) is 0 Å². The molecule has 0 aromatic rings. The van der Waals surface area contributed by atoms with Crippen LogP contribution in [-0.2, 0) is 4.79 Å². The molecule has 15 heavy (non-hydrogen) atoms. The molecule has 0 saturated carbocycles. The number of hydrogen-bond acceptors (Lipinski definition) is 3. The molecule has 0 aromatic heterocycles. The molecule has 1 rings (SSSR count). The zero-order valence-electron chi connectivity index (χ0n) is 9.61. The first-order valence-corrected chi connectivity index (χ1v) is 5.90. The first kappa shape index (κ1) is 12.5. The molecule has 1 aliphatic rings. The summed E-state index contributed by atoms with van der Waals surface area (Å²) in [4.78, 5) is 13.2. The quantitative estimate of drug-likeness (QED) is 0.690. The Balaban J connectivity index is 2.23. The molecule has 1 heterocycles. The number of amides is 1. The highest BCUT2D eigenvalue weighted by atomic mass is 16.1. The first-order valence-electron chi connectivity index (χ1n) is 5.90. The maximum atomic E-state index is 10.8. The van der Waals surface area contributed by atoms with Gasteiger partial charge in [-0.25, -0.2) is 0 Å². The third kappa shape index (κ3) is 4.18. The molecule has 1 aliphatic heterocycles. The lowest BCUT2D eigenvalue weighted by molar-refractivity contribution is -0.119. The summed E-state index contributed by atoms with van der Waals surface area (Å²) in [6.45, 7) is 5.44. The standard InChI is InChI=1S/C11H23N3O/c1-2-9-4-3-6-14(8-9)7-5-10(12)11(13)15/h9-10H,2-8,12H2,1H3,(H2,13,15). The van der Waals surface area contributed by atoms with Crippen LogP contribution in [0.4, 0.5) is 0 Å². The van der Waals surface area contributed by atoms with Crippen LogP contribution < -0.4 is 11.5 Å². The van der Waals surface area contributed by atoms with Gasteiger partial charge in [0.15, 0.2) is 0 Å². The molecule has 0 radical (unpaired) electrons. The van der Waals surface area contributed by atoms with Crippen LogP contribution in [0.3, 0.4) is 0 Å². The molecule has 2 atom stereocenters. The third-order valence-electron chi connectivity index (χ3n) is 3.30. The summed E-state index contributed by atoms with van der Waals surface area (Å²) in [6, 6.07) is -0.480. The second-order valence-electron chi connectivity index (χ2n) is 4.51. The smallest absolute Gasteiger partial charge is 0.234 e. The molecule has 2 unspecified atom stereocenters. The van der Waals surface area contributed by atoms with Gasteiger partial charge in [0.1, 0.15) is 0 Å². The van der Waals surface area contributed by atoms with E-state index in [1.54, 1.807) is 0 Å². The average Bonchev–Trinajstić information content (AvgIpc) is 2.26. The highest BCUT2D eigenvalue weighted by Gasteiger charge is 2.19. The van der Waals surface area contributed by atoms with Crippen molar-refractivity contribution in [2.75, 3.05) is 19.6 Å². The van der Waals surface area contributed by atoms with Crippen molar-refractivity contribution in [2.24, 2.45) is 17.4 Å². The lowest BCUT2D eigenvalue weighted by Crippen LogP contribution is -2.42. The van der Waals surface area contributed by atoms with E-state index in [0.717, 1.165) is 25.6 Å². The maximum Gasteiger partial charge on any atom is 0.234 e. The largest absolute Gasteiger partial charge is 0.368 e. The second-order valence-corrected chi connectivity index (χ2v) is 4.51. The van der Waals surface area contributed by atoms with E-state index in [4.69, 9.17) is 11.5 Å². The molecule has 1 amide bonds. The fraction of sp³-hybridized carbons (Fsp3) is 0.909. The van der Waals surface area contributed by atoms with Crippen molar-refractivity contribution in [2.45, 2.75) is 38.6 Å². The topological polar surface area (TPSA) is 72.3 Å². The summed E-state index contributed by atoms with van der Waals surface area (Å²) < 4.78 is 0. The molecule has 4 nitrogen and oxygen atoms in total. The second kappa shape index (κ2) is 6.08. The summed E-state index contributed by atoms with van der Waals surface area (Å²) in [5.74, 6) is 0.433. The Morgan fingerprint density at radius 3 is 2.93 bits per heavy atom. The predicted octanol–water partition coefficient (Wildman–Crippen LogP) is 0.311. The monoisotopic (exact) mass is 213 g/mol. The van der Waals surface area contributed by atoms with Gasteiger partial charge in [-0.05, 0) is 31.7 Å². The Morgan fingerprint density at radius 1 is 1.60 bits per heavy atom. The van der Waals surface area contributed by atoms with E-state index in [2.05, 4.69) is 11.8 Å². The van der Waals surface area contributed by atoms with Crippen molar-refractivity contribution >= 4 is 5.91 Å².